The summed E-state index contributed by atoms with van der Waals surface area (Å²) < 4.78 is 15.3. The Hall–Kier alpha value is -1.38. The van der Waals surface area contributed by atoms with Gasteiger partial charge in [0, 0.05) is 13.1 Å². The molecule has 1 unspecified atom stereocenters. The van der Waals surface area contributed by atoms with E-state index in [4.69, 9.17) is 19.3 Å². The Morgan fingerprint density at radius 3 is 2.83 bits per heavy atom. The number of ether oxygens (including phenoxy) is 3. The van der Waals surface area contributed by atoms with E-state index in [-0.39, 0.29) is 31.9 Å². The summed E-state index contributed by atoms with van der Waals surface area (Å²) in [5.74, 6) is -1.03. The molecule has 8 nitrogen and oxygen atoms in total. The number of hydrogen-bond acceptors (Lipinski definition) is 5. The van der Waals surface area contributed by atoms with Gasteiger partial charge in [0.1, 0.15) is 6.61 Å². The number of nitrogens with one attached hydrogen (secondary N) is 2. The molecule has 1 heterocycles. The number of carbonyl (C=O) groups excluding carboxylic acids is 1. The molecule has 1 saturated heterocycles. The van der Waals surface area contributed by atoms with Gasteiger partial charge in [0.25, 0.3) is 0 Å². The Bertz CT molecular complexity index is 267. The van der Waals surface area contributed by atoms with Crippen molar-refractivity contribution in [1.82, 2.24) is 10.6 Å². The van der Waals surface area contributed by atoms with Crippen molar-refractivity contribution in [1.29, 1.82) is 0 Å². The van der Waals surface area contributed by atoms with Crippen LogP contribution in [0.15, 0.2) is 0 Å². The summed E-state index contributed by atoms with van der Waals surface area (Å²) in [6, 6.07) is -0.344. The normalized spacial score (nSPS) is 19.2. The van der Waals surface area contributed by atoms with Gasteiger partial charge >= 0.3 is 12.0 Å². The topological polar surface area (TPSA) is 106 Å². The van der Waals surface area contributed by atoms with E-state index in [1.165, 1.54) is 0 Å². The van der Waals surface area contributed by atoms with Crippen molar-refractivity contribution in [3.8, 4) is 0 Å². The van der Waals surface area contributed by atoms with Crippen molar-refractivity contribution < 1.29 is 28.9 Å². The average Bonchev–Trinajstić information content (AvgIpc) is 2.37. The highest BCUT2D eigenvalue weighted by Gasteiger charge is 2.14. The molecule has 0 radical (unpaired) electrons. The van der Waals surface area contributed by atoms with Gasteiger partial charge in [-0.15, -0.1) is 0 Å². The van der Waals surface area contributed by atoms with Crippen LogP contribution >= 0.6 is 0 Å². The lowest BCUT2D eigenvalue weighted by atomic mass is 10.3. The van der Waals surface area contributed by atoms with Crippen molar-refractivity contribution in [2.45, 2.75) is 6.10 Å². The zero-order valence-corrected chi connectivity index (χ0v) is 10.0. The molecule has 8 heteroatoms. The first-order valence-corrected chi connectivity index (χ1v) is 5.69. The first-order chi connectivity index (χ1) is 8.68. The summed E-state index contributed by atoms with van der Waals surface area (Å²) in [5, 5.41) is 13.5. The summed E-state index contributed by atoms with van der Waals surface area (Å²) in [7, 11) is 0. The fourth-order valence-corrected chi connectivity index (χ4v) is 1.32. The van der Waals surface area contributed by atoms with Crippen LogP contribution in [0.2, 0.25) is 0 Å². The van der Waals surface area contributed by atoms with Gasteiger partial charge in [-0.05, 0) is 0 Å². The molecule has 3 N–H and O–H groups in total. The maximum absolute atomic E-state index is 11.3. The van der Waals surface area contributed by atoms with Crippen LogP contribution in [0.3, 0.4) is 0 Å². The van der Waals surface area contributed by atoms with E-state index in [0.29, 0.717) is 26.4 Å². The summed E-state index contributed by atoms with van der Waals surface area (Å²) in [5.41, 5.74) is 0. The molecule has 104 valence electrons. The number of carboxylic acids is 1. The third kappa shape index (κ3) is 7.05. The molecule has 1 atom stereocenters. The predicted octanol–water partition coefficient (Wildman–Crippen LogP) is -1.20. The largest absolute Gasteiger partial charge is 0.480 e. The van der Waals surface area contributed by atoms with E-state index < -0.39 is 5.97 Å². The second-order valence-corrected chi connectivity index (χ2v) is 3.65. The molecule has 18 heavy (non-hydrogen) atoms. The third-order valence-corrected chi connectivity index (χ3v) is 2.13. The van der Waals surface area contributed by atoms with E-state index in [0.717, 1.165) is 0 Å². The molecule has 0 saturated carbocycles. The first-order valence-electron chi connectivity index (χ1n) is 5.69. The molecule has 0 aromatic heterocycles. The van der Waals surface area contributed by atoms with Gasteiger partial charge in [-0.3, -0.25) is 0 Å². The summed E-state index contributed by atoms with van der Waals surface area (Å²) in [6.07, 6.45) is -0.118. The Labute approximate surface area is 105 Å². The summed E-state index contributed by atoms with van der Waals surface area (Å²) >= 11 is 0. The first kappa shape index (κ1) is 14.7. The molecule has 1 fully saturated rings. The average molecular weight is 262 g/mol. The minimum absolute atomic E-state index is 0.118. The monoisotopic (exact) mass is 262 g/mol. The lowest BCUT2D eigenvalue weighted by molar-refractivity contribution is -0.142. The van der Waals surface area contributed by atoms with Crippen molar-refractivity contribution in [3.63, 3.8) is 0 Å². The van der Waals surface area contributed by atoms with E-state index in [1.807, 2.05) is 0 Å². The van der Waals surface area contributed by atoms with Crippen molar-refractivity contribution in [2.75, 3.05) is 46.1 Å². The zero-order valence-electron chi connectivity index (χ0n) is 10.0. The highest BCUT2D eigenvalue weighted by molar-refractivity contribution is 5.73. The Morgan fingerprint density at radius 2 is 2.17 bits per heavy atom. The van der Waals surface area contributed by atoms with Crippen LogP contribution < -0.4 is 10.6 Å². The lowest BCUT2D eigenvalue weighted by Gasteiger charge is -2.23. The number of rotatable bonds is 7. The molecule has 0 aliphatic carbocycles. The third-order valence-electron chi connectivity index (χ3n) is 2.13. The fourth-order valence-electron chi connectivity index (χ4n) is 1.32. The van der Waals surface area contributed by atoms with Crippen LogP contribution in [0.25, 0.3) is 0 Å². The van der Waals surface area contributed by atoms with E-state index in [9.17, 15) is 9.59 Å². The lowest BCUT2D eigenvalue weighted by Crippen LogP contribution is -2.44. The Kier molecular flexibility index (Phi) is 7.07. The van der Waals surface area contributed by atoms with Crippen LogP contribution in [-0.4, -0.2) is 69.3 Å². The maximum atomic E-state index is 11.3. The van der Waals surface area contributed by atoms with Crippen molar-refractivity contribution in [3.05, 3.63) is 0 Å². The molecule has 0 aromatic rings. The van der Waals surface area contributed by atoms with Crippen LogP contribution in [0.5, 0.6) is 0 Å². The minimum Gasteiger partial charge on any atom is -0.480 e. The SMILES string of the molecule is O=C(O)COCCNC(=O)NCC1COCCO1. The van der Waals surface area contributed by atoms with E-state index in [1.54, 1.807) is 0 Å². The number of carbonyl (C=O) groups is 2. The van der Waals surface area contributed by atoms with Gasteiger partial charge in [0.15, 0.2) is 0 Å². The van der Waals surface area contributed by atoms with Crippen LogP contribution in [0.4, 0.5) is 4.79 Å². The second-order valence-electron chi connectivity index (χ2n) is 3.65. The molecular weight excluding hydrogens is 244 g/mol. The van der Waals surface area contributed by atoms with Gasteiger partial charge in [-0.25, -0.2) is 9.59 Å². The standard InChI is InChI=1S/C10H18N2O6/c13-9(14)7-16-2-1-11-10(15)12-5-8-6-17-3-4-18-8/h8H,1-7H2,(H,13,14)(H2,11,12,15). The van der Waals surface area contributed by atoms with Crippen LogP contribution in [0.1, 0.15) is 0 Å². The van der Waals surface area contributed by atoms with Gasteiger partial charge in [-0.2, -0.15) is 0 Å². The number of carboxylic acid groups (broad SMARTS) is 1. The van der Waals surface area contributed by atoms with Gasteiger partial charge < -0.3 is 30.0 Å². The maximum Gasteiger partial charge on any atom is 0.329 e. The molecular formula is C10H18N2O6. The molecule has 1 aliphatic rings. The molecule has 0 spiro atoms. The quantitative estimate of drug-likeness (QED) is 0.498. The van der Waals surface area contributed by atoms with Gasteiger partial charge in [-0.1, -0.05) is 0 Å². The number of amides is 2. The zero-order chi connectivity index (χ0) is 13.2. The molecule has 1 rings (SSSR count). The van der Waals surface area contributed by atoms with E-state index >= 15 is 0 Å². The minimum atomic E-state index is -1.03. The molecule has 0 bridgehead atoms. The second kappa shape index (κ2) is 8.67. The van der Waals surface area contributed by atoms with Gasteiger partial charge in [0.2, 0.25) is 0 Å². The number of hydrogen-bond donors (Lipinski definition) is 3. The fraction of sp³-hybridized carbons (Fsp3) is 0.800. The highest BCUT2D eigenvalue weighted by Crippen LogP contribution is 1.98. The molecule has 2 amide bonds. The van der Waals surface area contributed by atoms with E-state index in [2.05, 4.69) is 10.6 Å². The summed E-state index contributed by atoms with van der Waals surface area (Å²) in [6.45, 7) is 2.02. The smallest absolute Gasteiger partial charge is 0.329 e. The van der Waals surface area contributed by atoms with Crippen molar-refractivity contribution >= 4 is 12.0 Å². The highest BCUT2D eigenvalue weighted by atomic mass is 16.6. The summed E-state index contributed by atoms with van der Waals surface area (Å²) in [4.78, 5) is 21.4. The van der Waals surface area contributed by atoms with Gasteiger partial charge in [0.05, 0.1) is 32.5 Å². The predicted molar refractivity (Wildman–Crippen MR) is 60.4 cm³/mol. The Balaban J connectivity index is 1.94. The number of urea groups is 1. The molecule has 0 aromatic carbocycles. The van der Waals surface area contributed by atoms with Crippen LogP contribution in [0, 0.1) is 0 Å². The Morgan fingerprint density at radius 1 is 1.33 bits per heavy atom. The molecule has 1 aliphatic heterocycles. The van der Waals surface area contributed by atoms with Crippen LogP contribution in [-0.2, 0) is 19.0 Å². The van der Waals surface area contributed by atoms with Crippen molar-refractivity contribution in [2.24, 2.45) is 0 Å². The number of aliphatic carboxylic acids is 1.